The molecular weight excluding hydrogens is 407 g/mol. The lowest BCUT2D eigenvalue weighted by molar-refractivity contribution is -0.871. The van der Waals surface area contributed by atoms with Crippen molar-refractivity contribution in [3.63, 3.8) is 0 Å². The summed E-state index contributed by atoms with van der Waals surface area (Å²) in [5.74, 6) is -1.01. The fourth-order valence-corrected chi connectivity index (χ4v) is 3.11. The highest BCUT2D eigenvalue weighted by Gasteiger charge is 2.56. The van der Waals surface area contributed by atoms with Crippen LogP contribution in [0.25, 0.3) is 0 Å². The van der Waals surface area contributed by atoms with Crippen molar-refractivity contribution in [2.45, 2.75) is 40.2 Å². The number of benzene rings is 2. The number of carbonyl (C=O) groups excluding carboxylic acids is 2. The molecule has 4 nitrogen and oxygen atoms in total. The minimum atomic E-state index is -0.912. The van der Waals surface area contributed by atoms with E-state index in [-0.39, 0.29) is 12.4 Å². The van der Waals surface area contributed by atoms with E-state index in [9.17, 15) is 9.59 Å². The molecule has 2 rings (SSSR count). The zero-order chi connectivity index (χ0) is 19.7. The van der Waals surface area contributed by atoms with Gasteiger partial charge in [-0.2, -0.15) is 0 Å². The van der Waals surface area contributed by atoms with Gasteiger partial charge in [-0.3, -0.25) is 4.79 Å². The quantitative estimate of drug-likeness (QED) is 0.443. The van der Waals surface area contributed by atoms with Gasteiger partial charge in [-0.05, 0) is 62.5 Å². The molecule has 146 valence electrons. The van der Waals surface area contributed by atoms with E-state index >= 15 is 0 Å². The van der Waals surface area contributed by atoms with Crippen molar-refractivity contribution in [1.29, 1.82) is 0 Å². The summed E-state index contributed by atoms with van der Waals surface area (Å²) >= 11 is 13.2. The summed E-state index contributed by atoms with van der Waals surface area (Å²) in [5.41, 5.74) is 1.67. The third-order valence-corrected chi connectivity index (χ3v) is 5.51. The fraction of sp³-hybridized carbons (Fsp3) is 0.300. The summed E-state index contributed by atoms with van der Waals surface area (Å²) in [7, 11) is 0. The maximum absolute atomic E-state index is 13.2. The third-order valence-electron chi connectivity index (χ3n) is 4.24. The summed E-state index contributed by atoms with van der Waals surface area (Å²) in [6.07, 6.45) is 0. The molecule has 0 radical (unpaired) electrons. The zero-order valence-corrected chi connectivity index (χ0v) is 18.3. The largest absolute Gasteiger partial charge is 0.390 e. The van der Waals surface area contributed by atoms with Crippen LogP contribution >= 0.6 is 36.0 Å². The van der Waals surface area contributed by atoms with Gasteiger partial charge in [0, 0.05) is 5.56 Å². The number of amides is 2. The molecule has 1 atom stereocenters. The predicted molar refractivity (Wildman–Crippen MR) is 112 cm³/mol. The highest BCUT2D eigenvalue weighted by Crippen LogP contribution is 2.37. The monoisotopic (exact) mass is 429 g/mol. The average molecular weight is 431 g/mol. The Morgan fingerprint density at radius 2 is 1.48 bits per heavy atom. The highest BCUT2D eigenvalue weighted by molar-refractivity contribution is 6.27. The molecule has 0 saturated carbocycles. The zero-order valence-electron chi connectivity index (χ0n) is 16.0. The van der Waals surface area contributed by atoms with Gasteiger partial charge >= 0.3 is 11.8 Å². The summed E-state index contributed by atoms with van der Waals surface area (Å²) in [6.45, 7) is 9.00. The van der Waals surface area contributed by atoms with E-state index in [0.29, 0.717) is 11.1 Å². The van der Waals surface area contributed by atoms with Crippen LogP contribution in [0.3, 0.4) is 0 Å². The van der Waals surface area contributed by atoms with E-state index in [1.165, 1.54) is 0 Å². The number of nitrogens with zero attached hydrogens (tertiary/aromatic N) is 2. The molecule has 0 aliphatic heterocycles. The minimum absolute atomic E-state index is 0. The normalized spacial score (nSPS) is 13.3. The van der Waals surface area contributed by atoms with E-state index in [2.05, 4.69) is 0 Å². The number of carbonyl (C=O) groups is 2. The van der Waals surface area contributed by atoms with Crippen LogP contribution in [-0.4, -0.2) is 26.0 Å². The van der Waals surface area contributed by atoms with Crippen LogP contribution in [0.2, 0.25) is 0 Å². The molecule has 0 heterocycles. The maximum atomic E-state index is 13.2. The molecule has 1 unspecified atom stereocenters. The second-order valence-corrected chi connectivity index (χ2v) is 8.09. The molecule has 0 aliphatic carbocycles. The van der Waals surface area contributed by atoms with E-state index in [4.69, 9.17) is 23.6 Å². The van der Waals surface area contributed by atoms with Gasteiger partial charge in [0.15, 0.2) is 0 Å². The predicted octanol–water partition coefficient (Wildman–Crippen LogP) is 5.85. The topological polar surface area (TPSA) is 37.4 Å². The summed E-state index contributed by atoms with van der Waals surface area (Å²) < 4.78 is -0.128. The Bertz CT molecular complexity index is 832. The van der Waals surface area contributed by atoms with Crippen molar-refractivity contribution in [2.24, 2.45) is 0 Å². The van der Waals surface area contributed by atoms with Crippen LogP contribution in [-0.2, 0) is 0 Å². The number of quaternary nitrogens is 1. The molecule has 27 heavy (non-hydrogen) atoms. The summed E-state index contributed by atoms with van der Waals surface area (Å²) in [5, 5.41) is 0. The fourth-order valence-electron chi connectivity index (χ4n) is 2.55. The van der Waals surface area contributed by atoms with Gasteiger partial charge in [0.2, 0.25) is 11.8 Å². The Labute approximate surface area is 176 Å². The van der Waals surface area contributed by atoms with Gasteiger partial charge in [0.25, 0.3) is 0 Å². The van der Waals surface area contributed by atoms with Gasteiger partial charge in [-0.25, -0.2) is 4.79 Å². The molecule has 7 heteroatoms. The Hall–Kier alpha value is -1.59. The molecule has 2 aromatic carbocycles. The van der Waals surface area contributed by atoms with Crippen LogP contribution < -0.4 is 0 Å². The number of hydrogen-bond donors (Lipinski definition) is 0. The van der Waals surface area contributed by atoms with E-state index in [1.54, 1.807) is 58.0 Å². The smallest absolute Gasteiger partial charge is 0.262 e. The van der Waals surface area contributed by atoms with Crippen molar-refractivity contribution in [3.8, 4) is 0 Å². The van der Waals surface area contributed by atoms with E-state index in [1.807, 2.05) is 25.1 Å². The van der Waals surface area contributed by atoms with Gasteiger partial charge < -0.3 is 0 Å². The average Bonchev–Trinajstić information content (AvgIpc) is 2.59. The van der Waals surface area contributed by atoms with Gasteiger partial charge in [0.1, 0.15) is 5.54 Å². The van der Waals surface area contributed by atoms with Crippen molar-refractivity contribution in [1.82, 2.24) is 4.53 Å². The molecule has 0 bridgehead atoms. The number of aryl methyl sites for hydroxylation is 2. The van der Waals surface area contributed by atoms with Crippen LogP contribution in [0.15, 0.2) is 48.5 Å². The summed E-state index contributed by atoms with van der Waals surface area (Å²) in [4.78, 5) is 26.2. The second-order valence-electron chi connectivity index (χ2n) is 7.28. The Morgan fingerprint density at radius 3 is 1.96 bits per heavy atom. The first-order valence-corrected chi connectivity index (χ1v) is 8.94. The molecule has 0 aromatic heterocycles. The standard InChI is InChI=1S/C20H23Cl2N2O2.ClH/c1-14-10-12-16(13-11-14)19(26)24(22,20(3,4)5)23(21)18(25)17-9-7-6-8-15(17)2;/h6-13H,1-5H3;1H/q+1;. The summed E-state index contributed by atoms with van der Waals surface area (Å²) in [6, 6.07) is 14.0. The third kappa shape index (κ3) is 4.46. The first-order chi connectivity index (χ1) is 12.0. The molecule has 2 amide bonds. The first-order valence-electron chi connectivity index (χ1n) is 8.27. The highest BCUT2D eigenvalue weighted by atomic mass is 35.5. The van der Waals surface area contributed by atoms with Crippen molar-refractivity contribution < 1.29 is 13.7 Å². The maximum Gasteiger partial charge on any atom is 0.390 e. The molecular formula is C20H24Cl3N2O2+. The van der Waals surface area contributed by atoms with Crippen LogP contribution in [0.1, 0.15) is 52.6 Å². The van der Waals surface area contributed by atoms with E-state index < -0.39 is 21.5 Å². The van der Waals surface area contributed by atoms with Crippen LogP contribution in [0.4, 0.5) is 0 Å². The molecule has 2 aromatic rings. The minimum Gasteiger partial charge on any atom is -0.262 e. The van der Waals surface area contributed by atoms with Gasteiger partial charge in [0.05, 0.1) is 17.3 Å². The van der Waals surface area contributed by atoms with Crippen molar-refractivity contribution in [3.05, 3.63) is 70.8 Å². The van der Waals surface area contributed by atoms with Gasteiger partial charge in [-0.1, -0.05) is 40.4 Å². The van der Waals surface area contributed by atoms with Crippen LogP contribution in [0, 0.1) is 13.8 Å². The second kappa shape index (κ2) is 8.61. The van der Waals surface area contributed by atoms with Crippen molar-refractivity contribution in [2.75, 3.05) is 0 Å². The number of halogens is 3. The Kier molecular flexibility index (Phi) is 7.48. The number of rotatable bonds is 2. The Morgan fingerprint density at radius 1 is 0.963 bits per heavy atom. The molecule has 0 fully saturated rings. The van der Waals surface area contributed by atoms with Gasteiger partial charge in [-0.15, -0.1) is 12.4 Å². The lowest BCUT2D eigenvalue weighted by Crippen LogP contribution is -2.64. The Balaban J connectivity index is 0.00000364. The lowest BCUT2D eigenvalue weighted by Gasteiger charge is -2.40. The van der Waals surface area contributed by atoms with Crippen molar-refractivity contribution >= 4 is 47.8 Å². The lowest BCUT2D eigenvalue weighted by atomic mass is 10.0. The SMILES string of the molecule is Cc1ccc(C(=O)[N+](Cl)(N(Cl)C(=O)c2ccccc2C)C(C)(C)C)cc1.Cl. The molecule has 0 aliphatic rings. The molecule has 0 N–H and O–H groups in total. The molecule has 0 saturated heterocycles. The van der Waals surface area contributed by atoms with E-state index in [0.717, 1.165) is 15.7 Å². The molecule has 0 spiro atoms. The van der Waals surface area contributed by atoms with Crippen LogP contribution in [0.5, 0.6) is 0 Å². The number of hydrogen-bond acceptors (Lipinski definition) is 2. The first kappa shape index (κ1) is 23.4.